The highest BCUT2D eigenvalue weighted by atomic mass is 19.4. The Balaban J connectivity index is 1.14. The molecule has 476 valence electrons. The van der Waals surface area contributed by atoms with Gasteiger partial charge in [0.05, 0.1) is 62.1 Å². The van der Waals surface area contributed by atoms with Crippen LogP contribution in [0.4, 0.5) is 71.5 Å². The Morgan fingerprint density at radius 2 is 0.684 bits per heavy atom. The Kier molecular flexibility index (Phi) is 15.0. The van der Waals surface area contributed by atoms with Crippen molar-refractivity contribution in [3.8, 4) is 78.1 Å². The minimum Gasteiger partial charge on any atom is -0.310 e. The summed E-state index contributed by atoms with van der Waals surface area (Å²) >= 11 is 0. The molecule has 0 fully saturated rings. The van der Waals surface area contributed by atoms with E-state index in [4.69, 9.17) is 6.57 Å². The number of benzene rings is 11. The lowest BCUT2D eigenvalue weighted by Crippen LogP contribution is -2.08. The molecular formula is C77H48F15N3. The first-order valence-corrected chi connectivity index (χ1v) is 29.5. The normalized spacial score (nSPS) is 12.6. The summed E-state index contributed by atoms with van der Waals surface area (Å²) in [6.45, 7) is 16.0. The van der Waals surface area contributed by atoms with E-state index in [-0.39, 0.29) is 78.3 Å². The van der Waals surface area contributed by atoms with E-state index in [1.165, 1.54) is 107 Å². The molecule has 11 aromatic carbocycles. The van der Waals surface area contributed by atoms with E-state index < -0.39 is 58.7 Å². The SMILES string of the molecule is [C-]#[N+]c1ccc(-c2cc(-c3c(C)cccc3C(F)(F)F)ccc2-n2c3ccc(-c4ccc(C(F)(F)F)cc4C)cc3c3cc(-c4ccc(C)cc4C(F)(F)F)ccc32)c(-n2c3ccc(-c4ccc(C(F)(F)F)cc4C)cc3c3cc(-c4ccc(C)cc4C(F)(F)F)ccc32)c1. The molecule has 2 heterocycles. The highest BCUT2D eigenvalue weighted by Gasteiger charge is 2.38. The largest absolute Gasteiger partial charge is 0.417 e. The molecule has 0 bridgehead atoms. The molecule has 0 unspecified atom stereocenters. The third-order valence-corrected chi connectivity index (χ3v) is 17.6. The zero-order valence-corrected chi connectivity index (χ0v) is 50.6. The highest BCUT2D eigenvalue weighted by molar-refractivity contribution is 6.14. The van der Waals surface area contributed by atoms with E-state index >= 15 is 13.2 Å². The van der Waals surface area contributed by atoms with Gasteiger partial charge < -0.3 is 9.13 Å². The summed E-state index contributed by atoms with van der Waals surface area (Å²) in [5, 5.41) is 1.55. The molecular weight excluding hydrogens is 1250 g/mol. The van der Waals surface area contributed by atoms with Crippen LogP contribution in [-0.2, 0) is 30.9 Å². The van der Waals surface area contributed by atoms with Crippen LogP contribution in [-0.4, -0.2) is 9.13 Å². The third kappa shape index (κ3) is 11.3. The van der Waals surface area contributed by atoms with Gasteiger partial charge in [-0.2, -0.15) is 65.9 Å². The topological polar surface area (TPSA) is 14.2 Å². The van der Waals surface area contributed by atoms with Crippen molar-refractivity contribution in [1.29, 1.82) is 0 Å². The van der Waals surface area contributed by atoms with Gasteiger partial charge in [-0.1, -0.05) is 102 Å². The van der Waals surface area contributed by atoms with Gasteiger partial charge in [-0.25, -0.2) is 4.85 Å². The first-order chi connectivity index (χ1) is 44.8. The summed E-state index contributed by atoms with van der Waals surface area (Å²) in [6, 6.07) is 46.9. The summed E-state index contributed by atoms with van der Waals surface area (Å²) in [6.07, 6.45) is -23.8. The second-order valence-corrected chi connectivity index (χ2v) is 23.8. The maximum absolute atomic E-state index is 15.3. The van der Waals surface area contributed by atoms with Crippen LogP contribution >= 0.6 is 0 Å². The van der Waals surface area contributed by atoms with Crippen molar-refractivity contribution < 1.29 is 65.9 Å². The monoisotopic (exact) mass is 1300 g/mol. The molecule has 13 aromatic rings. The van der Waals surface area contributed by atoms with Crippen molar-refractivity contribution in [3.05, 3.63) is 267 Å². The number of halogens is 15. The number of hydrogen-bond acceptors (Lipinski definition) is 0. The van der Waals surface area contributed by atoms with Crippen LogP contribution < -0.4 is 0 Å². The van der Waals surface area contributed by atoms with Gasteiger partial charge in [0.1, 0.15) is 0 Å². The predicted molar refractivity (Wildman–Crippen MR) is 343 cm³/mol. The third-order valence-electron chi connectivity index (χ3n) is 17.6. The van der Waals surface area contributed by atoms with Crippen LogP contribution in [0, 0.1) is 41.2 Å². The summed E-state index contributed by atoms with van der Waals surface area (Å²) in [5.74, 6) is 0. The fraction of sp³-hybridized carbons (Fsp3) is 0.130. The molecule has 0 atom stereocenters. The standard InChI is InChI=1S/C77H48F15N3/c1-40-10-20-55(64(30-40)76(87,88)89)47-14-27-68-61(36-47)59-34-45(53-22-17-50(32-43(53)4)73(78,79)80)12-25-67(59)94(68)66-29-16-49(72-42(3)8-7-9-63(72)75(84,85)86)38-58(66)57-24-19-52(93-6)39-71(57)95-69-26-13-46(54-23-18-51(33-44(54)5)74(81,82)83)35-60(69)62-37-48(15-28-70(62)95)56-21-11-41(2)31-65(56)77(90,91)92/h7-39H,1-5H3. The summed E-state index contributed by atoms with van der Waals surface area (Å²) in [5.41, 5.74) is 1.02. The van der Waals surface area contributed by atoms with E-state index in [2.05, 4.69) is 4.85 Å². The van der Waals surface area contributed by atoms with Crippen molar-refractivity contribution >= 4 is 49.3 Å². The fourth-order valence-corrected chi connectivity index (χ4v) is 13.2. The second kappa shape index (κ2) is 22.6. The van der Waals surface area contributed by atoms with Gasteiger partial charge in [-0.3, -0.25) is 0 Å². The summed E-state index contributed by atoms with van der Waals surface area (Å²) in [4.78, 5) is 3.80. The molecule has 3 nitrogen and oxygen atoms in total. The molecule has 0 N–H and O–H groups in total. The van der Waals surface area contributed by atoms with Crippen LogP contribution in [0.2, 0.25) is 0 Å². The lowest BCUT2D eigenvalue weighted by atomic mass is 9.90. The molecule has 0 spiro atoms. The predicted octanol–water partition coefficient (Wildman–Crippen LogP) is 25.1. The molecule has 0 saturated carbocycles. The Bertz CT molecular complexity index is 5370. The lowest BCUT2D eigenvalue weighted by molar-refractivity contribution is -0.138. The Morgan fingerprint density at radius 3 is 1.08 bits per heavy atom. The average molecular weight is 1300 g/mol. The van der Waals surface area contributed by atoms with Crippen molar-refractivity contribution in [1.82, 2.24) is 9.13 Å². The second-order valence-electron chi connectivity index (χ2n) is 23.8. The highest BCUT2D eigenvalue weighted by Crippen LogP contribution is 2.50. The van der Waals surface area contributed by atoms with Gasteiger partial charge >= 0.3 is 30.9 Å². The van der Waals surface area contributed by atoms with Gasteiger partial charge in [0.25, 0.3) is 0 Å². The van der Waals surface area contributed by atoms with Crippen molar-refractivity contribution in [2.75, 3.05) is 0 Å². The van der Waals surface area contributed by atoms with Crippen LogP contribution in [0.15, 0.2) is 200 Å². The van der Waals surface area contributed by atoms with Crippen LogP contribution in [0.1, 0.15) is 55.6 Å². The van der Waals surface area contributed by atoms with Gasteiger partial charge in [0.15, 0.2) is 5.69 Å². The average Bonchev–Trinajstić information content (AvgIpc) is 1.60. The number of hydrogen-bond donors (Lipinski definition) is 0. The van der Waals surface area contributed by atoms with Crippen LogP contribution in [0.3, 0.4) is 0 Å². The molecule has 0 aliphatic heterocycles. The minimum atomic E-state index is -4.88. The number of aromatic nitrogens is 2. The van der Waals surface area contributed by atoms with Crippen LogP contribution in [0.25, 0.3) is 127 Å². The smallest absolute Gasteiger partial charge is 0.310 e. The van der Waals surface area contributed by atoms with E-state index in [1.807, 2.05) is 0 Å². The van der Waals surface area contributed by atoms with E-state index in [9.17, 15) is 52.7 Å². The minimum absolute atomic E-state index is 0.0719. The quantitative estimate of drug-likeness (QED) is 0.106. The van der Waals surface area contributed by atoms with Gasteiger partial charge in [-0.05, 0) is 216 Å². The molecule has 0 aliphatic carbocycles. The molecule has 0 aliphatic rings. The number of alkyl halides is 15. The van der Waals surface area contributed by atoms with Crippen molar-refractivity contribution in [2.45, 2.75) is 65.5 Å². The Labute approximate surface area is 533 Å². The molecule has 13 rings (SSSR count). The van der Waals surface area contributed by atoms with E-state index in [1.54, 1.807) is 94.1 Å². The number of rotatable bonds is 8. The van der Waals surface area contributed by atoms with Gasteiger partial charge in [-0.15, -0.1) is 0 Å². The Morgan fingerprint density at radius 1 is 0.295 bits per heavy atom. The van der Waals surface area contributed by atoms with E-state index in [0.29, 0.717) is 77.0 Å². The zero-order valence-electron chi connectivity index (χ0n) is 50.6. The molecule has 0 saturated heterocycles. The fourth-order valence-electron chi connectivity index (χ4n) is 13.2. The first-order valence-electron chi connectivity index (χ1n) is 29.5. The van der Waals surface area contributed by atoms with Crippen molar-refractivity contribution in [3.63, 3.8) is 0 Å². The van der Waals surface area contributed by atoms with Gasteiger partial charge in [0.2, 0.25) is 0 Å². The maximum Gasteiger partial charge on any atom is 0.417 e. The Hall–Kier alpha value is -10.5. The maximum atomic E-state index is 15.3. The summed E-state index contributed by atoms with van der Waals surface area (Å²) < 4.78 is 224. The number of aryl methyl sites for hydroxylation is 5. The van der Waals surface area contributed by atoms with Crippen molar-refractivity contribution in [2.24, 2.45) is 0 Å². The molecule has 18 heteroatoms. The first kappa shape index (κ1) is 63.2. The molecule has 0 amide bonds. The molecule has 95 heavy (non-hydrogen) atoms. The van der Waals surface area contributed by atoms with E-state index in [0.717, 1.165) is 42.5 Å². The number of fused-ring (bicyclic) bond motifs is 6. The molecule has 0 radical (unpaired) electrons. The molecule has 2 aromatic heterocycles. The van der Waals surface area contributed by atoms with Gasteiger partial charge in [0, 0.05) is 38.4 Å². The zero-order chi connectivity index (χ0) is 67.7. The lowest BCUT2D eigenvalue weighted by Gasteiger charge is -2.22. The van der Waals surface area contributed by atoms with Crippen LogP contribution in [0.5, 0.6) is 0 Å². The number of nitrogens with zero attached hydrogens (tertiary/aromatic N) is 3. The summed E-state index contributed by atoms with van der Waals surface area (Å²) in [7, 11) is 0.